The van der Waals surface area contributed by atoms with Crippen LogP contribution in [0.1, 0.15) is 55.8 Å². The Morgan fingerprint density at radius 2 is 1.97 bits per heavy atom. The zero-order chi connectivity index (χ0) is 22.3. The van der Waals surface area contributed by atoms with Gasteiger partial charge in [0.2, 0.25) is 11.8 Å². The first-order chi connectivity index (χ1) is 15.4. The third kappa shape index (κ3) is 4.21. The van der Waals surface area contributed by atoms with Gasteiger partial charge in [0.25, 0.3) is 0 Å². The van der Waals surface area contributed by atoms with E-state index in [0.717, 1.165) is 43.4 Å². The highest BCUT2D eigenvalue weighted by molar-refractivity contribution is 5.38. The van der Waals surface area contributed by atoms with Gasteiger partial charge in [-0.1, -0.05) is 12.5 Å². The molecule has 3 aromatic rings. The Morgan fingerprint density at radius 3 is 2.75 bits per heavy atom. The largest absolute Gasteiger partial charge is 0.474 e. The number of aromatic nitrogens is 5. The number of pyridine rings is 1. The molecule has 11 heteroatoms. The van der Waals surface area contributed by atoms with Crippen molar-refractivity contribution in [3.8, 4) is 5.88 Å². The van der Waals surface area contributed by atoms with Crippen molar-refractivity contribution in [3.63, 3.8) is 0 Å². The number of anilines is 1. The van der Waals surface area contributed by atoms with Gasteiger partial charge in [-0.25, -0.2) is 4.98 Å². The maximum absolute atomic E-state index is 13.4. The van der Waals surface area contributed by atoms with E-state index in [1.807, 2.05) is 28.8 Å². The van der Waals surface area contributed by atoms with E-state index >= 15 is 0 Å². The number of ether oxygens (including phenoxy) is 1. The van der Waals surface area contributed by atoms with Crippen LogP contribution in [0.15, 0.2) is 30.6 Å². The molecule has 2 fully saturated rings. The highest BCUT2D eigenvalue weighted by Crippen LogP contribution is 2.38. The van der Waals surface area contributed by atoms with E-state index in [4.69, 9.17) is 4.74 Å². The molecule has 3 heterocycles. The Labute approximate surface area is 181 Å². The van der Waals surface area contributed by atoms with Crippen LogP contribution in [0, 0.1) is 0 Å². The molecule has 2 N–H and O–H groups in total. The highest BCUT2D eigenvalue weighted by atomic mass is 19.4. The molecule has 2 saturated carbocycles. The number of hydrogen-bond acceptors (Lipinski definition) is 7. The fourth-order valence-corrected chi connectivity index (χ4v) is 4.39. The molecule has 2 aliphatic rings. The van der Waals surface area contributed by atoms with E-state index in [0.29, 0.717) is 12.8 Å². The molecule has 5 rings (SSSR count). The van der Waals surface area contributed by atoms with Gasteiger partial charge in [-0.05, 0) is 31.4 Å². The zero-order valence-corrected chi connectivity index (χ0v) is 17.2. The first kappa shape index (κ1) is 20.9. The van der Waals surface area contributed by atoms with Crippen molar-refractivity contribution in [2.75, 3.05) is 5.32 Å². The maximum Gasteiger partial charge on any atom is 0.423 e. The number of alkyl halides is 3. The molecule has 0 unspecified atom stereocenters. The Bertz CT molecular complexity index is 1100. The monoisotopic (exact) mass is 448 g/mol. The molecule has 0 bridgehead atoms. The third-order valence-electron chi connectivity index (χ3n) is 6.12. The molecule has 0 aromatic carbocycles. The van der Waals surface area contributed by atoms with Gasteiger partial charge in [-0.15, -0.1) is 10.2 Å². The number of aliphatic hydroxyl groups is 1. The van der Waals surface area contributed by atoms with Crippen LogP contribution in [-0.4, -0.2) is 47.9 Å². The van der Waals surface area contributed by atoms with Crippen LogP contribution < -0.4 is 10.1 Å². The van der Waals surface area contributed by atoms with Crippen molar-refractivity contribution in [2.24, 2.45) is 0 Å². The van der Waals surface area contributed by atoms with Crippen molar-refractivity contribution in [2.45, 2.75) is 68.9 Å². The van der Waals surface area contributed by atoms with E-state index < -0.39 is 29.8 Å². The summed E-state index contributed by atoms with van der Waals surface area (Å²) in [6.07, 6.45) is 1.12. The van der Waals surface area contributed by atoms with Gasteiger partial charge in [-0.2, -0.15) is 18.2 Å². The van der Waals surface area contributed by atoms with E-state index in [1.54, 1.807) is 0 Å². The van der Waals surface area contributed by atoms with Gasteiger partial charge in [-0.3, -0.25) is 4.40 Å². The predicted molar refractivity (Wildman–Crippen MR) is 108 cm³/mol. The van der Waals surface area contributed by atoms with Crippen molar-refractivity contribution in [1.82, 2.24) is 24.6 Å². The second-order valence-electron chi connectivity index (χ2n) is 8.47. The Balaban J connectivity index is 1.32. The molecule has 0 amide bonds. The first-order valence-electron chi connectivity index (χ1n) is 10.7. The van der Waals surface area contributed by atoms with Crippen LogP contribution in [0.5, 0.6) is 5.88 Å². The standard InChI is InChI=1S/C21H23F3N6O2/c22-21(23,24)16-11-25-20(27-19(16)32-15-9-14(31)10-15)26-13-5-3-4-12(8-13)18-29-28-17-6-1-2-7-30(17)18/h1-2,6-7,11-15,31H,3-5,8-10H2,(H,25,26,27)/t12-,13+,14?,15?/m0/s1. The minimum atomic E-state index is -4.62. The van der Waals surface area contributed by atoms with Gasteiger partial charge < -0.3 is 15.2 Å². The van der Waals surface area contributed by atoms with Gasteiger partial charge in [0.15, 0.2) is 5.65 Å². The van der Waals surface area contributed by atoms with Crippen LogP contribution in [0.4, 0.5) is 19.1 Å². The maximum atomic E-state index is 13.4. The molecule has 3 aromatic heterocycles. The Morgan fingerprint density at radius 1 is 1.12 bits per heavy atom. The zero-order valence-electron chi connectivity index (χ0n) is 17.2. The molecule has 32 heavy (non-hydrogen) atoms. The second kappa shape index (κ2) is 8.19. The summed E-state index contributed by atoms with van der Waals surface area (Å²) in [6.45, 7) is 0. The summed E-state index contributed by atoms with van der Waals surface area (Å²) in [5.41, 5.74) is -0.229. The quantitative estimate of drug-likeness (QED) is 0.616. The minimum absolute atomic E-state index is 0.0140. The summed E-state index contributed by atoms with van der Waals surface area (Å²) in [5, 5.41) is 21.2. The van der Waals surface area contributed by atoms with Gasteiger partial charge in [0.1, 0.15) is 17.5 Å². The predicted octanol–water partition coefficient (Wildman–Crippen LogP) is 3.58. The Kier molecular flexibility index (Phi) is 5.36. The summed E-state index contributed by atoms with van der Waals surface area (Å²) in [7, 11) is 0. The molecule has 8 nitrogen and oxygen atoms in total. The van der Waals surface area contributed by atoms with Gasteiger partial charge in [0, 0.05) is 37.2 Å². The van der Waals surface area contributed by atoms with Crippen LogP contribution >= 0.6 is 0 Å². The summed E-state index contributed by atoms with van der Waals surface area (Å²) < 4.78 is 47.6. The van der Waals surface area contributed by atoms with Crippen LogP contribution in [0.2, 0.25) is 0 Å². The number of halogens is 3. The lowest BCUT2D eigenvalue weighted by Gasteiger charge is -2.32. The summed E-state index contributed by atoms with van der Waals surface area (Å²) in [6, 6.07) is 5.72. The van der Waals surface area contributed by atoms with E-state index in [-0.39, 0.29) is 17.9 Å². The first-order valence-corrected chi connectivity index (χ1v) is 10.7. The smallest absolute Gasteiger partial charge is 0.423 e. The van der Waals surface area contributed by atoms with Gasteiger partial charge >= 0.3 is 6.18 Å². The molecule has 170 valence electrons. The van der Waals surface area contributed by atoms with Crippen molar-refractivity contribution in [1.29, 1.82) is 0 Å². The summed E-state index contributed by atoms with van der Waals surface area (Å²) in [4.78, 5) is 7.94. The van der Waals surface area contributed by atoms with Crippen molar-refractivity contribution >= 4 is 11.6 Å². The van der Waals surface area contributed by atoms with Crippen LogP contribution in [0.3, 0.4) is 0 Å². The molecular weight excluding hydrogens is 425 g/mol. The topological polar surface area (TPSA) is 97.5 Å². The number of rotatable bonds is 5. The van der Waals surface area contributed by atoms with Gasteiger partial charge in [0.05, 0.1) is 6.10 Å². The second-order valence-corrected chi connectivity index (χ2v) is 8.47. The van der Waals surface area contributed by atoms with E-state index in [1.165, 1.54) is 0 Å². The van der Waals surface area contributed by atoms with Crippen molar-refractivity contribution in [3.05, 3.63) is 42.0 Å². The summed E-state index contributed by atoms with van der Waals surface area (Å²) in [5.74, 6) is 0.653. The Hall–Kier alpha value is -2.95. The lowest BCUT2D eigenvalue weighted by Crippen LogP contribution is -2.38. The van der Waals surface area contributed by atoms with E-state index in [9.17, 15) is 18.3 Å². The number of nitrogens with zero attached hydrogens (tertiary/aromatic N) is 5. The SMILES string of the molecule is OC1CC(Oc2nc(N[C@@H]3CCC[C@H](c4nnc5ccccn45)C3)ncc2C(F)(F)F)C1. The molecule has 2 atom stereocenters. The molecule has 0 radical (unpaired) electrons. The molecule has 0 saturated heterocycles. The van der Waals surface area contributed by atoms with E-state index in [2.05, 4.69) is 25.5 Å². The van der Waals surface area contributed by atoms with Crippen LogP contribution in [-0.2, 0) is 6.18 Å². The molecule has 0 spiro atoms. The minimum Gasteiger partial charge on any atom is -0.474 e. The fraction of sp³-hybridized carbons (Fsp3) is 0.524. The fourth-order valence-electron chi connectivity index (χ4n) is 4.39. The number of fused-ring (bicyclic) bond motifs is 1. The average Bonchev–Trinajstić information content (AvgIpc) is 3.16. The van der Waals surface area contributed by atoms with Crippen molar-refractivity contribution < 1.29 is 23.0 Å². The number of aliphatic hydroxyl groups excluding tert-OH is 1. The highest BCUT2D eigenvalue weighted by Gasteiger charge is 2.39. The normalized spacial score (nSPS) is 26.0. The summed E-state index contributed by atoms with van der Waals surface area (Å²) >= 11 is 0. The average molecular weight is 448 g/mol. The lowest BCUT2D eigenvalue weighted by molar-refractivity contribution is -0.140. The lowest BCUT2D eigenvalue weighted by atomic mass is 9.85. The number of nitrogens with one attached hydrogen (secondary N) is 1. The molecule has 2 aliphatic carbocycles. The molecular formula is C21H23F3N6O2. The number of hydrogen-bond donors (Lipinski definition) is 2. The van der Waals surface area contributed by atoms with Crippen LogP contribution in [0.25, 0.3) is 5.65 Å². The molecule has 0 aliphatic heterocycles. The third-order valence-corrected chi connectivity index (χ3v) is 6.12.